The average molecular weight is 596 g/mol. The normalized spacial score (nSPS) is 19.4. The maximum absolute atomic E-state index is 12.8. The first-order valence-electron chi connectivity index (χ1n) is 13.2. The Balaban J connectivity index is 1.14. The van der Waals surface area contributed by atoms with Crippen LogP contribution in [0.4, 0.5) is 5.13 Å². The molecule has 1 saturated carbocycles. The number of piperidine rings is 1. The van der Waals surface area contributed by atoms with Gasteiger partial charge in [0.15, 0.2) is 5.13 Å². The number of aromatic amines is 1. The summed E-state index contributed by atoms with van der Waals surface area (Å²) in [6.45, 7) is 5.41. The molecule has 0 spiro atoms. The molecule has 3 heterocycles. The van der Waals surface area contributed by atoms with E-state index in [1.807, 2.05) is 18.2 Å². The van der Waals surface area contributed by atoms with Gasteiger partial charge in [0.25, 0.3) is 5.91 Å². The molecule has 206 valence electrons. The van der Waals surface area contributed by atoms with Crippen molar-refractivity contribution in [2.24, 2.45) is 11.8 Å². The number of benzene rings is 2. The molecule has 2 aromatic heterocycles. The molecule has 7 nitrogen and oxygen atoms in total. The predicted octanol–water partition coefficient (Wildman–Crippen LogP) is 6.39. The van der Waals surface area contributed by atoms with Crippen LogP contribution in [-0.4, -0.2) is 47.6 Å². The van der Waals surface area contributed by atoms with Crippen LogP contribution in [0, 0.1) is 18.8 Å². The van der Waals surface area contributed by atoms with Crippen LogP contribution in [0.5, 0.6) is 0 Å². The Morgan fingerprint density at radius 3 is 2.35 bits per heavy atom. The molecule has 0 bridgehead atoms. The van der Waals surface area contributed by atoms with Gasteiger partial charge in [0.05, 0.1) is 22.3 Å². The Kier molecular flexibility index (Phi) is 7.33. The number of rotatable bonds is 8. The van der Waals surface area contributed by atoms with Crippen molar-refractivity contribution in [3.05, 3.63) is 92.2 Å². The summed E-state index contributed by atoms with van der Waals surface area (Å²) in [5.74, 6) is 0.0511. The second-order valence-electron chi connectivity index (χ2n) is 10.2. The molecule has 1 aliphatic heterocycles. The fourth-order valence-electron chi connectivity index (χ4n) is 5.44. The second-order valence-corrected chi connectivity index (χ2v) is 12.0. The van der Waals surface area contributed by atoms with Gasteiger partial charge in [-0.1, -0.05) is 89.1 Å². The minimum absolute atomic E-state index is 0.0780. The van der Waals surface area contributed by atoms with E-state index in [0.29, 0.717) is 46.2 Å². The van der Waals surface area contributed by atoms with Crippen LogP contribution in [0.15, 0.2) is 54.6 Å². The van der Waals surface area contributed by atoms with Gasteiger partial charge in [-0.15, -0.1) is 0 Å². The number of carbonyl (C=O) groups excluding carboxylic acids is 2. The fraction of sp³-hybridized carbons (Fsp3) is 0.300. The molecule has 2 N–H and O–H groups in total. The Hall–Kier alpha value is -3.33. The van der Waals surface area contributed by atoms with E-state index in [-0.39, 0.29) is 22.9 Å². The van der Waals surface area contributed by atoms with Crippen molar-refractivity contribution in [2.75, 3.05) is 24.6 Å². The first-order valence-corrected chi connectivity index (χ1v) is 14.8. The maximum atomic E-state index is 12.8. The van der Waals surface area contributed by atoms with Crippen LogP contribution < -0.4 is 10.2 Å². The first kappa shape index (κ1) is 26.9. The van der Waals surface area contributed by atoms with Gasteiger partial charge < -0.3 is 19.9 Å². The number of thiazole rings is 1. The smallest absolute Gasteiger partial charge is 0.350 e. The SMILES string of the molecule is CCOC(=O)c1sc(N2C[C@@H]3[C@H](C2)[C@@H]3NC(=O)c2[nH]c(C)c(Cl)c2Cl)nc1Cc1ccc(-c2ccccc2)cc1. The standard InChI is InChI=1S/C30H28Cl2N4O3S/c1-3-39-29(38)27-22(13-17-9-11-19(12-10-17)18-7-5-4-6-8-18)34-30(40-27)36-14-20-21(15-36)25(20)35-28(37)26-24(32)23(31)16(2)33-26/h4-12,20-21,25,33H,3,13-15H2,1-2H3,(H,35,37)/t20-,21+,25-. The first-order chi connectivity index (χ1) is 19.3. The van der Waals surface area contributed by atoms with Crippen molar-refractivity contribution >= 4 is 51.5 Å². The number of amides is 1. The van der Waals surface area contributed by atoms with Gasteiger partial charge in [0.1, 0.15) is 10.6 Å². The summed E-state index contributed by atoms with van der Waals surface area (Å²) in [7, 11) is 0. The summed E-state index contributed by atoms with van der Waals surface area (Å²) >= 11 is 13.7. The van der Waals surface area contributed by atoms with Crippen LogP contribution in [0.25, 0.3) is 11.1 Å². The molecule has 0 radical (unpaired) electrons. The van der Waals surface area contributed by atoms with Crippen molar-refractivity contribution in [1.82, 2.24) is 15.3 Å². The highest BCUT2D eigenvalue weighted by Gasteiger charge is 2.57. The molecule has 4 aromatic rings. The number of aromatic nitrogens is 2. The van der Waals surface area contributed by atoms with Gasteiger partial charge in [-0.25, -0.2) is 9.78 Å². The number of fused-ring (bicyclic) bond motifs is 1. The number of H-pyrrole nitrogens is 1. The third-order valence-electron chi connectivity index (χ3n) is 7.62. The van der Waals surface area contributed by atoms with Crippen LogP contribution in [0.3, 0.4) is 0 Å². The second kappa shape index (κ2) is 10.9. The summed E-state index contributed by atoms with van der Waals surface area (Å²) in [6.07, 6.45) is 0.540. The third kappa shape index (κ3) is 5.11. The van der Waals surface area contributed by atoms with Crippen molar-refractivity contribution in [3.63, 3.8) is 0 Å². The van der Waals surface area contributed by atoms with E-state index in [1.54, 1.807) is 13.8 Å². The van der Waals surface area contributed by atoms with E-state index in [2.05, 4.69) is 51.6 Å². The lowest BCUT2D eigenvalue weighted by Gasteiger charge is -2.19. The van der Waals surface area contributed by atoms with E-state index < -0.39 is 0 Å². The molecule has 1 aliphatic carbocycles. The maximum Gasteiger partial charge on any atom is 0.350 e. The van der Waals surface area contributed by atoms with Crippen molar-refractivity contribution in [3.8, 4) is 11.1 Å². The summed E-state index contributed by atoms with van der Waals surface area (Å²) in [6, 6.07) is 18.7. The highest BCUT2D eigenvalue weighted by atomic mass is 35.5. The van der Waals surface area contributed by atoms with Gasteiger partial charge in [-0.05, 0) is 30.5 Å². The number of anilines is 1. The van der Waals surface area contributed by atoms with Crippen LogP contribution in [-0.2, 0) is 11.2 Å². The number of nitrogens with zero attached hydrogens (tertiary/aromatic N) is 2. The number of ether oxygens (including phenoxy) is 1. The lowest BCUT2D eigenvalue weighted by atomic mass is 10.0. The number of halogens is 2. The lowest BCUT2D eigenvalue weighted by Crippen LogP contribution is -2.34. The summed E-state index contributed by atoms with van der Waals surface area (Å²) in [5.41, 5.74) is 5.07. The highest BCUT2D eigenvalue weighted by molar-refractivity contribution is 7.17. The van der Waals surface area contributed by atoms with Gasteiger partial charge in [0.2, 0.25) is 0 Å². The van der Waals surface area contributed by atoms with Crippen molar-refractivity contribution in [2.45, 2.75) is 26.3 Å². The molecule has 1 amide bonds. The molecular formula is C30H28Cl2N4O3S. The number of esters is 1. The molecule has 0 unspecified atom stereocenters. The topological polar surface area (TPSA) is 87.3 Å². The third-order valence-corrected chi connectivity index (χ3v) is 9.71. The number of aryl methyl sites for hydroxylation is 1. The lowest BCUT2D eigenvalue weighted by molar-refractivity contribution is 0.0530. The summed E-state index contributed by atoms with van der Waals surface area (Å²) in [5, 5.41) is 4.53. The minimum Gasteiger partial charge on any atom is -0.462 e. The number of hydrogen-bond acceptors (Lipinski definition) is 6. The van der Waals surface area contributed by atoms with Gasteiger partial charge in [-0.3, -0.25) is 4.79 Å². The minimum atomic E-state index is -0.339. The fourth-order valence-corrected chi connectivity index (χ4v) is 6.85. The quantitative estimate of drug-likeness (QED) is 0.231. The van der Waals surface area contributed by atoms with Crippen LogP contribution in [0.2, 0.25) is 10.0 Å². The molecular weight excluding hydrogens is 567 g/mol. The van der Waals surface area contributed by atoms with E-state index in [4.69, 9.17) is 32.9 Å². The zero-order chi connectivity index (χ0) is 28.0. The summed E-state index contributed by atoms with van der Waals surface area (Å²) in [4.78, 5) is 36.2. The number of carbonyl (C=O) groups is 2. The van der Waals surface area contributed by atoms with E-state index in [0.717, 1.165) is 40.6 Å². The molecule has 10 heteroatoms. The zero-order valence-electron chi connectivity index (χ0n) is 22.0. The molecule has 2 aliphatic rings. The monoisotopic (exact) mass is 594 g/mol. The molecule has 2 fully saturated rings. The van der Waals surface area contributed by atoms with Gasteiger partial charge in [-0.2, -0.15) is 0 Å². The average Bonchev–Trinajstić information content (AvgIpc) is 3.30. The van der Waals surface area contributed by atoms with Crippen LogP contribution in [0.1, 0.15) is 44.0 Å². The zero-order valence-corrected chi connectivity index (χ0v) is 24.4. The molecule has 40 heavy (non-hydrogen) atoms. The van der Waals surface area contributed by atoms with E-state index >= 15 is 0 Å². The van der Waals surface area contributed by atoms with E-state index in [1.165, 1.54) is 11.3 Å². The Labute approximate surface area is 246 Å². The number of nitrogens with one attached hydrogen (secondary N) is 2. The van der Waals surface area contributed by atoms with Crippen LogP contribution >= 0.6 is 34.5 Å². The van der Waals surface area contributed by atoms with Crippen molar-refractivity contribution < 1.29 is 14.3 Å². The highest BCUT2D eigenvalue weighted by Crippen LogP contribution is 2.48. The Bertz CT molecular complexity index is 1560. The Morgan fingerprint density at radius 1 is 1.05 bits per heavy atom. The summed E-state index contributed by atoms with van der Waals surface area (Å²) < 4.78 is 5.35. The molecule has 3 atom stereocenters. The number of hydrogen-bond donors (Lipinski definition) is 2. The molecule has 6 rings (SSSR count). The largest absolute Gasteiger partial charge is 0.462 e. The molecule has 2 aromatic carbocycles. The van der Waals surface area contributed by atoms with E-state index in [9.17, 15) is 9.59 Å². The van der Waals surface area contributed by atoms with Gasteiger partial charge >= 0.3 is 5.97 Å². The molecule has 1 saturated heterocycles. The Morgan fingerprint density at radius 2 is 1.73 bits per heavy atom. The van der Waals surface area contributed by atoms with Gasteiger partial charge in [0, 0.05) is 43.1 Å². The predicted molar refractivity (Wildman–Crippen MR) is 159 cm³/mol. The van der Waals surface area contributed by atoms with Crippen molar-refractivity contribution in [1.29, 1.82) is 0 Å².